The van der Waals surface area contributed by atoms with Gasteiger partial charge in [-0.3, -0.25) is 9.69 Å². The fourth-order valence-corrected chi connectivity index (χ4v) is 2.42. The molecule has 0 bridgehead atoms. The molecule has 94 valence electrons. The number of hydrogen-bond acceptors (Lipinski definition) is 3. The summed E-state index contributed by atoms with van der Waals surface area (Å²) >= 11 is 0. The summed E-state index contributed by atoms with van der Waals surface area (Å²) in [6, 6.07) is 0. The zero-order valence-electron chi connectivity index (χ0n) is 10.3. The fourth-order valence-electron chi connectivity index (χ4n) is 2.42. The Bertz CT molecular complexity index is 380. The number of primary amides is 1. The highest BCUT2D eigenvalue weighted by Crippen LogP contribution is 2.19. The molecule has 1 aromatic heterocycles. The van der Waals surface area contributed by atoms with Gasteiger partial charge in [-0.15, -0.1) is 0 Å². The normalized spacial score (nSPS) is 18.4. The maximum Gasteiger partial charge on any atom is 0.231 e. The summed E-state index contributed by atoms with van der Waals surface area (Å²) in [6.45, 7) is 5.41. The molecule has 1 aliphatic heterocycles. The van der Waals surface area contributed by atoms with Crippen molar-refractivity contribution in [1.82, 2.24) is 14.5 Å². The first-order valence-corrected chi connectivity index (χ1v) is 6.13. The maximum atomic E-state index is 10.8. The van der Waals surface area contributed by atoms with E-state index in [4.69, 9.17) is 5.73 Å². The second kappa shape index (κ2) is 5.31. The molecule has 1 saturated heterocycles. The number of amides is 1. The Morgan fingerprint density at radius 3 is 2.76 bits per heavy atom. The minimum atomic E-state index is -0.228. The first-order chi connectivity index (χ1) is 8.15. The molecule has 1 aliphatic rings. The lowest BCUT2D eigenvalue weighted by Crippen LogP contribution is -2.40. The van der Waals surface area contributed by atoms with Gasteiger partial charge in [0, 0.05) is 18.9 Å². The molecule has 0 aromatic carbocycles. The summed E-state index contributed by atoms with van der Waals surface area (Å²) in [6.07, 6.45) is 6.14. The van der Waals surface area contributed by atoms with Gasteiger partial charge in [0.15, 0.2) is 0 Å². The van der Waals surface area contributed by atoms with Crippen molar-refractivity contribution in [1.29, 1.82) is 0 Å². The van der Waals surface area contributed by atoms with Crippen LogP contribution in [0.25, 0.3) is 0 Å². The number of likely N-dealkylation sites (tertiary alicyclic amines) is 1. The van der Waals surface area contributed by atoms with E-state index in [0.29, 0.717) is 12.5 Å². The Morgan fingerprint density at radius 1 is 1.53 bits per heavy atom. The predicted octanol–water partition coefficient (Wildman–Crippen LogP) is 0.389. The first kappa shape index (κ1) is 12.1. The molecule has 17 heavy (non-hydrogen) atoms. The molecule has 5 nitrogen and oxygen atoms in total. The number of nitrogens with two attached hydrogens (primary N) is 1. The van der Waals surface area contributed by atoms with Crippen LogP contribution >= 0.6 is 0 Å². The summed E-state index contributed by atoms with van der Waals surface area (Å²) in [5.41, 5.74) is 5.19. The van der Waals surface area contributed by atoms with E-state index in [1.54, 1.807) is 0 Å². The molecular formula is C12H20N4O. The van der Waals surface area contributed by atoms with Crippen LogP contribution in [0, 0.1) is 12.8 Å². The van der Waals surface area contributed by atoms with Gasteiger partial charge in [0.25, 0.3) is 0 Å². The molecule has 0 spiro atoms. The van der Waals surface area contributed by atoms with E-state index in [1.807, 2.05) is 19.3 Å². The summed E-state index contributed by atoms with van der Waals surface area (Å²) < 4.78 is 2.20. The minimum absolute atomic E-state index is 0.228. The van der Waals surface area contributed by atoms with Crippen LogP contribution in [0.1, 0.15) is 18.7 Å². The Balaban J connectivity index is 1.79. The standard InChI is InChI=1S/C12H20N4O/c1-10-14-4-7-16(10)8-11-2-5-15(6-3-11)9-12(13)17/h4,7,11H,2-3,5-6,8-9H2,1H3,(H2,13,17). The second-order valence-electron chi connectivity index (χ2n) is 4.81. The number of hydrogen-bond donors (Lipinski definition) is 1. The molecule has 0 unspecified atom stereocenters. The molecule has 2 rings (SSSR count). The van der Waals surface area contributed by atoms with Crippen LogP contribution in [0.4, 0.5) is 0 Å². The number of carbonyl (C=O) groups excluding carboxylic acids is 1. The molecule has 1 amide bonds. The number of aromatic nitrogens is 2. The number of carbonyl (C=O) groups is 1. The third-order valence-electron chi connectivity index (χ3n) is 3.47. The van der Waals surface area contributed by atoms with Crippen molar-refractivity contribution >= 4 is 5.91 Å². The fraction of sp³-hybridized carbons (Fsp3) is 0.667. The van der Waals surface area contributed by atoms with Gasteiger partial charge in [0.1, 0.15) is 5.82 Å². The van der Waals surface area contributed by atoms with Gasteiger partial charge in [0.2, 0.25) is 5.91 Å². The summed E-state index contributed by atoms with van der Waals surface area (Å²) in [5.74, 6) is 1.53. The molecule has 2 heterocycles. The minimum Gasteiger partial charge on any atom is -0.369 e. The third-order valence-corrected chi connectivity index (χ3v) is 3.47. The van der Waals surface area contributed by atoms with E-state index in [0.717, 1.165) is 38.3 Å². The van der Waals surface area contributed by atoms with Gasteiger partial charge >= 0.3 is 0 Å². The average Bonchev–Trinajstić information content (AvgIpc) is 2.67. The molecule has 0 atom stereocenters. The molecular weight excluding hydrogens is 216 g/mol. The molecule has 0 saturated carbocycles. The molecule has 1 fully saturated rings. The van der Waals surface area contributed by atoms with E-state index in [1.165, 1.54) is 0 Å². The van der Waals surface area contributed by atoms with Gasteiger partial charge in [-0.2, -0.15) is 0 Å². The Morgan fingerprint density at radius 2 is 2.24 bits per heavy atom. The van der Waals surface area contributed by atoms with Crippen LogP contribution in [0.2, 0.25) is 0 Å². The number of imidazole rings is 1. The number of aryl methyl sites for hydroxylation is 1. The topological polar surface area (TPSA) is 64.2 Å². The van der Waals surface area contributed by atoms with Crippen LogP contribution in [0.3, 0.4) is 0 Å². The van der Waals surface area contributed by atoms with Crippen LogP contribution in [-0.2, 0) is 11.3 Å². The van der Waals surface area contributed by atoms with E-state index < -0.39 is 0 Å². The molecule has 5 heteroatoms. The molecule has 1 aromatic rings. The monoisotopic (exact) mass is 236 g/mol. The van der Waals surface area contributed by atoms with Crippen LogP contribution in [-0.4, -0.2) is 40.0 Å². The largest absolute Gasteiger partial charge is 0.369 e. The lowest BCUT2D eigenvalue weighted by Gasteiger charge is -2.31. The van der Waals surface area contributed by atoms with Crippen molar-refractivity contribution in [3.05, 3.63) is 18.2 Å². The number of nitrogens with zero attached hydrogens (tertiary/aromatic N) is 3. The van der Waals surface area contributed by atoms with Gasteiger partial charge in [0.05, 0.1) is 6.54 Å². The molecule has 0 radical (unpaired) electrons. The summed E-state index contributed by atoms with van der Waals surface area (Å²) in [5, 5.41) is 0. The SMILES string of the molecule is Cc1nccn1CC1CCN(CC(N)=O)CC1. The zero-order chi connectivity index (χ0) is 12.3. The molecule has 2 N–H and O–H groups in total. The maximum absolute atomic E-state index is 10.8. The van der Waals surface area contributed by atoms with Gasteiger partial charge in [-0.25, -0.2) is 4.98 Å². The second-order valence-corrected chi connectivity index (χ2v) is 4.81. The zero-order valence-corrected chi connectivity index (χ0v) is 10.3. The third kappa shape index (κ3) is 3.30. The average molecular weight is 236 g/mol. The van der Waals surface area contributed by atoms with Crippen LogP contribution in [0.15, 0.2) is 12.4 Å². The highest BCUT2D eigenvalue weighted by Gasteiger charge is 2.20. The Labute approximate surface area is 102 Å². The van der Waals surface area contributed by atoms with Gasteiger partial charge < -0.3 is 10.3 Å². The van der Waals surface area contributed by atoms with Crippen LogP contribution < -0.4 is 5.73 Å². The summed E-state index contributed by atoms with van der Waals surface area (Å²) in [7, 11) is 0. The van der Waals surface area contributed by atoms with Gasteiger partial charge in [-0.1, -0.05) is 0 Å². The quantitative estimate of drug-likeness (QED) is 0.822. The highest BCUT2D eigenvalue weighted by atomic mass is 16.1. The van der Waals surface area contributed by atoms with Crippen molar-refractivity contribution < 1.29 is 4.79 Å². The van der Waals surface area contributed by atoms with E-state index in [9.17, 15) is 4.79 Å². The van der Waals surface area contributed by atoms with Crippen molar-refractivity contribution in [2.45, 2.75) is 26.3 Å². The van der Waals surface area contributed by atoms with E-state index in [2.05, 4.69) is 14.5 Å². The number of rotatable bonds is 4. The van der Waals surface area contributed by atoms with Crippen LogP contribution in [0.5, 0.6) is 0 Å². The van der Waals surface area contributed by atoms with Crippen molar-refractivity contribution in [3.8, 4) is 0 Å². The molecule has 0 aliphatic carbocycles. The first-order valence-electron chi connectivity index (χ1n) is 6.13. The lowest BCUT2D eigenvalue weighted by atomic mass is 9.96. The van der Waals surface area contributed by atoms with Crippen molar-refractivity contribution in [2.75, 3.05) is 19.6 Å². The number of piperidine rings is 1. The van der Waals surface area contributed by atoms with Gasteiger partial charge in [-0.05, 0) is 38.8 Å². The lowest BCUT2D eigenvalue weighted by molar-refractivity contribution is -0.119. The predicted molar refractivity (Wildman–Crippen MR) is 65.3 cm³/mol. The smallest absolute Gasteiger partial charge is 0.231 e. The van der Waals surface area contributed by atoms with Crippen molar-refractivity contribution in [3.63, 3.8) is 0 Å². The van der Waals surface area contributed by atoms with Crippen molar-refractivity contribution in [2.24, 2.45) is 11.7 Å². The summed E-state index contributed by atoms with van der Waals surface area (Å²) in [4.78, 5) is 17.2. The Hall–Kier alpha value is -1.36. The Kier molecular flexibility index (Phi) is 3.78. The van der Waals surface area contributed by atoms with E-state index in [-0.39, 0.29) is 5.91 Å². The van der Waals surface area contributed by atoms with E-state index >= 15 is 0 Å². The highest BCUT2D eigenvalue weighted by molar-refractivity contribution is 5.75.